The van der Waals surface area contributed by atoms with Crippen LogP contribution in [0.25, 0.3) is 22.0 Å². The van der Waals surface area contributed by atoms with E-state index in [1.807, 2.05) is 36.4 Å². The molecule has 0 spiro atoms. The number of nitrogens with one attached hydrogen (secondary N) is 2. The third-order valence-electron chi connectivity index (χ3n) is 4.77. The van der Waals surface area contributed by atoms with Gasteiger partial charge in [-0.15, -0.1) is 0 Å². The van der Waals surface area contributed by atoms with Crippen molar-refractivity contribution in [1.82, 2.24) is 15.3 Å². The number of aromatic nitrogens is 2. The van der Waals surface area contributed by atoms with Crippen LogP contribution in [0.3, 0.4) is 0 Å². The number of aromatic amines is 1. The maximum atomic E-state index is 12.7. The molecule has 1 aromatic carbocycles. The number of nitrogens with zero attached hydrogens (tertiary/aromatic N) is 1. The number of para-hydroxylation sites is 1. The van der Waals surface area contributed by atoms with Gasteiger partial charge in [0.05, 0.1) is 17.7 Å². The van der Waals surface area contributed by atoms with Gasteiger partial charge in [0, 0.05) is 17.8 Å². The molecule has 0 atom stereocenters. The molecule has 1 fully saturated rings. The largest absolute Gasteiger partial charge is 0.492 e. The average Bonchev–Trinajstić information content (AvgIpc) is 2.67. The maximum absolute atomic E-state index is 12.7. The van der Waals surface area contributed by atoms with Gasteiger partial charge in [-0.2, -0.15) is 0 Å². The Morgan fingerprint density at radius 1 is 1.08 bits per heavy atom. The van der Waals surface area contributed by atoms with Gasteiger partial charge >= 0.3 is 0 Å². The van der Waals surface area contributed by atoms with Gasteiger partial charge < -0.3 is 15.0 Å². The van der Waals surface area contributed by atoms with Gasteiger partial charge in [-0.25, -0.2) is 0 Å². The summed E-state index contributed by atoms with van der Waals surface area (Å²) in [6.45, 7) is 2.69. The van der Waals surface area contributed by atoms with Crippen molar-refractivity contribution in [2.45, 2.75) is 12.8 Å². The van der Waals surface area contributed by atoms with Crippen molar-refractivity contribution in [2.75, 3.05) is 19.7 Å². The first-order valence-electron chi connectivity index (χ1n) is 8.72. The molecule has 128 valence electrons. The number of ether oxygens (including phenoxy) is 1. The van der Waals surface area contributed by atoms with Gasteiger partial charge in [0.15, 0.2) is 0 Å². The van der Waals surface area contributed by atoms with E-state index in [0.717, 1.165) is 42.4 Å². The minimum absolute atomic E-state index is 0.134. The Morgan fingerprint density at radius 3 is 2.64 bits per heavy atom. The van der Waals surface area contributed by atoms with E-state index in [1.54, 1.807) is 12.4 Å². The summed E-state index contributed by atoms with van der Waals surface area (Å²) in [5, 5.41) is 4.30. The molecule has 4 rings (SSSR count). The second-order valence-corrected chi connectivity index (χ2v) is 6.44. The molecular formula is C20H21N3O2. The normalized spacial score (nSPS) is 15.4. The van der Waals surface area contributed by atoms with E-state index in [1.165, 1.54) is 0 Å². The number of pyridine rings is 2. The minimum atomic E-state index is -0.134. The average molecular weight is 335 g/mol. The highest BCUT2D eigenvalue weighted by Gasteiger charge is 2.19. The fraction of sp³-hybridized carbons (Fsp3) is 0.300. The van der Waals surface area contributed by atoms with Crippen LogP contribution in [0.5, 0.6) is 5.75 Å². The molecular weight excluding hydrogens is 314 g/mol. The molecule has 0 bridgehead atoms. The summed E-state index contributed by atoms with van der Waals surface area (Å²) >= 11 is 0. The van der Waals surface area contributed by atoms with Crippen LogP contribution in [-0.4, -0.2) is 29.7 Å². The third-order valence-corrected chi connectivity index (χ3v) is 4.77. The van der Waals surface area contributed by atoms with Gasteiger partial charge in [0.2, 0.25) is 0 Å². The number of H-pyrrole nitrogens is 1. The van der Waals surface area contributed by atoms with Gasteiger partial charge in [0.1, 0.15) is 5.75 Å². The number of hydrogen-bond acceptors (Lipinski definition) is 4. The monoisotopic (exact) mass is 335 g/mol. The van der Waals surface area contributed by atoms with Gasteiger partial charge in [-0.05, 0) is 61.7 Å². The summed E-state index contributed by atoms with van der Waals surface area (Å²) in [7, 11) is 0. The zero-order valence-electron chi connectivity index (χ0n) is 14.0. The lowest BCUT2D eigenvalue weighted by Crippen LogP contribution is -2.30. The van der Waals surface area contributed by atoms with E-state index in [4.69, 9.17) is 4.74 Å². The van der Waals surface area contributed by atoms with E-state index in [2.05, 4.69) is 15.3 Å². The Balaban J connectivity index is 1.79. The molecule has 2 aromatic heterocycles. The van der Waals surface area contributed by atoms with Gasteiger partial charge in [-0.1, -0.05) is 12.1 Å². The van der Waals surface area contributed by atoms with E-state index in [0.29, 0.717) is 23.8 Å². The highest BCUT2D eigenvalue weighted by molar-refractivity contribution is 5.91. The number of benzene rings is 1. The molecule has 3 heterocycles. The van der Waals surface area contributed by atoms with Gasteiger partial charge in [-0.3, -0.25) is 9.78 Å². The van der Waals surface area contributed by atoms with Crippen molar-refractivity contribution in [3.63, 3.8) is 0 Å². The lowest BCUT2D eigenvalue weighted by molar-refractivity contribution is 0.217. The topological polar surface area (TPSA) is 67.0 Å². The van der Waals surface area contributed by atoms with Crippen LogP contribution in [-0.2, 0) is 0 Å². The molecule has 0 aliphatic carbocycles. The lowest BCUT2D eigenvalue weighted by Gasteiger charge is -2.23. The zero-order chi connectivity index (χ0) is 17.1. The number of piperidine rings is 1. The molecule has 0 amide bonds. The number of rotatable bonds is 4. The summed E-state index contributed by atoms with van der Waals surface area (Å²) < 4.78 is 6.26. The SMILES string of the molecule is O=c1[nH]c2ccccc2c(OCC2CCNCC2)c1-c1ccncc1. The van der Waals surface area contributed by atoms with E-state index in [-0.39, 0.29) is 5.56 Å². The number of hydrogen-bond donors (Lipinski definition) is 2. The Bertz CT molecular complexity index is 915. The molecule has 5 nitrogen and oxygen atoms in total. The molecule has 1 aliphatic rings. The van der Waals surface area contributed by atoms with Gasteiger partial charge in [0.25, 0.3) is 5.56 Å². The quantitative estimate of drug-likeness (QED) is 0.769. The molecule has 0 radical (unpaired) electrons. The minimum Gasteiger partial charge on any atom is -0.492 e. The molecule has 1 saturated heterocycles. The zero-order valence-corrected chi connectivity index (χ0v) is 14.0. The molecule has 0 saturated carbocycles. The van der Waals surface area contributed by atoms with Crippen molar-refractivity contribution in [2.24, 2.45) is 5.92 Å². The summed E-state index contributed by atoms with van der Waals surface area (Å²) in [5.41, 5.74) is 2.06. The van der Waals surface area contributed by atoms with Crippen LogP contribution in [0.4, 0.5) is 0 Å². The lowest BCUT2D eigenvalue weighted by atomic mass is 9.99. The van der Waals surface area contributed by atoms with Crippen molar-refractivity contribution >= 4 is 10.9 Å². The Hall–Kier alpha value is -2.66. The maximum Gasteiger partial charge on any atom is 0.260 e. The summed E-state index contributed by atoms with van der Waals surface area (Å²) in [6.07, 6.45) is 5.60. The Kier molecular flexibility index (Phi) is 4.48. The molecule has 3 aromatic rings. The molecule has 0 unspecified atom stereocenters. The smallest absolute Gasteiger partial charge is 0.260 e. The Labute approximate surface area is 146 Å². The van der Waals surface area contributed by atoms with Crippen LogP contribution in [0.15, 0.2) is 53.6 Å². The van der Waals surface area contributed by atoms with Crippen LogP contribution < -0.4 is 15.6 Å². The van der Waals surface area contributed by atoms with Crippen molar-refractivity contribution in [1.29, 1.82) is 0 Å². The van der Waals surface area contributed by atoms with E-state index >= 15 is 0 Å². The van der Waals surface area contributed by atoms with E-state index < -0.39 is 0 Å². The first kappa shape index (κ1) is 15.8. The summed E-state index contributed by atoms with van der Waals surface area (Å²) in [6, 6.07) is 11.5. The standard InChI is InChI=1S/C20H21N3O2/c24-20-18(15-7-11-22-12-8-15)19(16-3-1-2-4-17(16)23-20)25-13-14-5-9-21-10-6-14/h1-4,7-8,11-12,14,21H,5-6,9-10,13H2,(H,23,24). The number of fused-ring (bicyclic) bond motifs is 1. The Morgan fingerprint density at radius 2 is 1.84 bits per heavy atom. The predicted octanol–water partition coefficient (Wildman–Crippen LogP) is 2.97. The summed E-state index contributed by atoms with van der Waals surface area (Å²) in [5.74, 6) is 1.19. The van der Waals surface area contributed by atoms with Crippen LogP contribution in [0.2, 0.25) is 0 Å². The highest BCUT2D eigenvalue weighted by atomic mass is 16.5. The summed E-state index contributed by atoms with van der Waals surface area (Å²) in [4.78, 5) is 19.8. The third kappa shape index (κ3) is 3.28. The highest BCUT2D eigenvalue weighted by Crippen LogP contribution is 2.33. The molecule has 5 heteroatoms. The van der Waals surface area contributed by atoms with Crippen molar-refractivity contribution in [3.8, 4) is 16.9 Å². The van der Waals surface area contributed by atoms with Crippen LogP contribution in [0, 0.1) is 5.92 Å². The van der Waals surface area contributed by atoms with Crippen molar-refractivity contribution in [3.05, 3.63) is 59.1 Å². The molecule has 1 aliphatic heterocycles. The van der Waals surface area contributed by atoms with E-state index in [9.17, 15) is 4.79 Å². The molecule has 25 heavy (non-hydrogen) atoms. The second kappa shape index (κ2) is 7.07. The molecule has 2 N–H and O–H groups in total. The fourth-order valence-electron chi connectivity index (χ4n) is 3.39. The fourth-order valence-corrected chi connectivity index (χ4v) is 3.39. The predicted molar refractivity (Wildman–Crippen MR) is 98.9 cm³/mol. The van der Waals surface area contributed by atoms with Crippen molar-refractivity contribution < 1.29 is 4.74 Å². The van der Waals surface area contributed by atoms with Crippen LogP contribution in [0.1, 0.15) is 12.8 Å². The second-order valence-electron chi connectivity index (χ2n) is 6.44. The first-order valence-corrected chi connectivity index (χ1v) is 8.72. The van der Waals surface area contributed by atoms with Crippen LogP contribution >= 0.6 is 0 Å². The first-order chi connectivity index (χ1) is 12.3.